The van der Waals surface area contributed by atoms with Crippen LogP contribution in [0.4, 0.5) is 4.39 Å². The molecule has 0 atom stereocenters. The van der Waals surface area contributed by atoms with Gasteiger partial charge in [-0.15, -0.1) is 0 Å². The Hall–Kier alpha value is -2.46. The summed E-state index contributed by atoms with van der Waals surface area (Å²) >= 11 is 5.97. The number of hydrogen-bond acceptors (Lipinski definition) is 3. The molecule has 0 spiro atoms. The molecule has 2 aromatic carbocycles. The molecular formula is C17H11ClFNO2. The molecule has 0 fully saturated rings. The van der Waals surface area contributed by atoms with Gasteiger partial charge in [0.05, 0.1) is 18.2 Å². The van der Waals surface area contributed by atoms with Crippen LogP contribution in [0.3, 0.4) is 0 Å². The zero-order valence-electron chi connectivity index (χ0n) is 11.6. The summed E-state index contributed by atoms with van der Waals surface area (Å²) in [6.45, 7) is 0. The fourth-order valence-corrected chi connectivity index (χ4v) is 2.50. The molecule has 110 valence electrons. The lowest BCUT2D eigenvalue weighted by Gasteiger charge is -2.09. The monoisotopic (exact) mass is 315 g/mol. The van der Waals surface area contributed by atoms with E-state index in [1.54, 1.807) is 36.5 Å². The smallest absolute Gasteiger partial charge is 0.337 e. The molecule has 0 aliphatic heterocycles. The SMILES string of the molecule is COC(=O)c1ccc2nccc(-c3cc(Cl)ccc3F)c2c1. The third-order valence-corrected chi connectivity index (χ3v) is 3.62. The molecule has 0 bridgehead atoms. The van der Waals surface area contributed by atoms with Gasteiger partial charge in [0.15, 0.2) is 0 Å². The first-order chi connectivity index (χ1) is 10.6. The molecule has 5 heteroatoms. The maximum atomic E-state index is 14.1. The van der Waals surface area contributed by atoms with E-state index in [4.69, 9.17) is 16.3 Å². The van der Waals surface area contributed by atoms with Gasteiger partial charge in [0.2, 0.25) is 0 Å². The van der Waals surface area contributed by atoms with E-state index in [1.807, 2.05) is 0 Å². The second-order valence-electron chi connectivity index (χ2n) is 4.71. The molecule has 0 N–H and O–H groups in total. The van der Waals surface area contributed by atoms with E-state index in [0.29, 0.717) is 32.6 Å². The number of halogens is 2. The number of carbonyl (C=O) groups is 1. The largest absolute Gasteiger partial charge is 0.465 e. The number of carbonyl (C=O) groups excluding carboxylic acids is 1. The number of nitrogens with zero attached hydrogens (tertiary/aromatic N) is 1. The maximum absolute atomic E-state index is 14.1. The van der Waals surface area contributed by atoms with Gasteiger partial charge in [0.25, 0.3) is 0 Å². The van der Waals surface area contributed by atoms with Crippen LogP contribution in [0.1, 0.15) is 10.4 Å². The highest BCUT2D eigenvalue weighted by atomic mass is 35.5. The molecule has 0 amide bonds. The average Bonchev–Trinajstić information content (AvgIpc) is 2.55. The van der Waals surface area contributed by atoms with Crippen molar-refractivity contribution in [3.05, 3.63) is 65.1 Å². The highest BCUT2D eigenvalue weighted by Gasteiger charge is 2.13. The van der Waals surface area contributed by atoms with E-state index in [-0.39, 0.29) is 5.82 Å². The van der Waals surface area contributed by atoms with Gasteiger partial charge in [-0.2, -0.15) is 0 Å². The van der Waals surface area contributed by atoms with Crippen molar-refractivity contribution in [2.24, 2.45) is 0 Å². The van der Waals surface area contributed by atoms with Crippen molar-refractivity contribution in [3.8, 4) is 11.1 Å². The van der Waals surface area contributed by atoms with Gasteiger partial charge in [0, 0.05) is 22.2 Å². The van der Waals surface area contributed by atoms with E-state index >= 15 is 0 Å². The highest BCUT2D eigenvalue weighted by Crippen LogP contribution is 2.31. The Morgan fingerprint density at radius 1 is 1.14 bits per heavy atom. The van der Waals surface area contributed by atoms with Crippen molar-refractivity contribution in [3.63, 3.8) is 0 Å². The fourth-order valence-electron chi connectivity index (χ4n) is 2.33. The quantitative estimate of drug-likeness (QED) is 0.654. The lowest BCUT2D eigenvalue weighted by atomic mass is 9.99. The normalized spacial score (nSPS) is 10.7. The number of fused-ring (bicyclic) bond motifs is 1. The molecule has 22 heavy (non-hydrogen) atoms. The summed E-state index contributed by atoms with van der Waals surface area (Å²) in [6.07, 6.45) is 1.59. The molecule has 3 aromatic rings. The minimum Gasteiger partial charge on any atom is -0.465 e. The second kappa shape index (κ2) is 5.73. The van der Waals surface area contributed by atoms with E-state index in [0.717, 1.165) is 0 Å². The lowest BCUT2D eigenvalue weighted by molar-refractivity contribution is 0.0601. The van der Waals surface area contributed by atoms with Crippen molar-refractivity contribution in [2.75, 3.05) is 7.11 Å². The molecule has 0 radical (unpaired) electrons. The van der Waals surface area contributed by atoms with Crippen LogP contribution in [-0.4, -0.2) is 18.1 Å². The molecule has 0 aliphatic rings. The number of methoxy groups -OCH3 is 1. The molecule has 0 aliphatic carbocycles. The molecule has 3 rings (SSSR count). The van der Waals surface area contributed by atoms with Gasteiger partial charge in [-0.1, -0.05) is 11.6 Å². The zero-order chi connectivity index (χ0) is 15.7. The van der Waals surface area contributed by atoms with Crippen LogP contribution in [0.15, 0.2) is 48.7 Å². The number of benzene rings is 2. The highest BCUT2D eigenvalue weighted by molar-refractivity contribution is 6.30. The molecular weight excluding hydrogens is 305 g/mol. The molecule has 1 aromatic heterocycles. The number of aromatic nitrogens is 1. The van der Waals surface area contributed by atoms with Crippen LogP contribution in [0.25, 0.3) is 22.0 Å². The third-order valence-electron chi connectivity index (χ3n) is 3.38. The summed E-state index contributed by atoms with van der Waals surface area (Å²) in [5.74, 6) is -0.844. The molecule has 0 unspecified atom stereocenters. The van der Waals surface area contributed by atoms with Gasteiger partial charge in [0.1, 0.15) is 5.82 Å². The number of esters is 1. The van der Waals surface area contributed by atoms with Crippen LogP contribution in [0, 0.1) is 5.82 Å². The van der Waals surface area contributed by atoms with Gasteiger partial charge in [-0.05, 0) is 48.0 Å². The van der Waals surface area contributed by atoms with Crippen molar-refractivity contribution in [1.82, 2.24) is 4.98 Å². The Morgan fingerprint density at radius 3 is 2.73 bits per heavy atom. The number of hydrogen-bond donors (Lipinski definition) is 0. The zero-order valence-corrected chi connectivity index (χ0v) is 12.4. The summed E-state index contributed by atoms with van der Waals surface area (Å²) in [6, 6.07) is 11.0. The van der Waals surface area contributed by atoms with Gasteiger partial charge >= 0.3 is 5.97 Å². The Balaban J connectivity index is 2.29. The minimum absolute atomic E-state index is 0.363. The van der Waals surface area contributed by atoms with Gasteiger partial charge < -0.3 is 4.74 Å². The summed E-state index contributed by atoms with van der Waals surface area (Å²) in [5.41, 5.74) is 2.02. The predicted molar refractivity (Wildman–Crippen MR) is 83.5 cm³/mol. The summed E-state index contributed by atoms with van der Waals surface area (Å²) in [7, 11) is 1.31. The van der Waals surface area contributed by atoms with Crippen molar-refractivity contribution in [2.45, 2.75) is 0 Å². The molecule has 3 nitrogen and oxygen atoms in total. The minimum atomic E-state index is -0.455. The number of pyridine rings is 1. The summed E-state index contributed by atoms with van der Waals surface area (Å²) in [4.78, 5) is 15.9. The third kappa shape index (κ3) is 2.53. The molecule has 0 saturated heterocycles. The summed E-state index contributed by atoms with van der Waals surface area (Å²) in [5, 5.41) is 1.09. The Kier molecular flexibility index (Phi) is 3.77. The number of ether oxygens (including phenoxy) is 1. The van der Waals surface area contributed by atoms with E-state index in [1.165, 1.54) is 19.2 Å². The van der Waals surface area contributed by atoms with E-state index in [9.17, 15) is 9.18 Å². The van der Waals surface area contributed by atoms with Crippen molar-refractivity contribution in [1.29, 1.82) is 0 Å². The van der Waals surface area contributed by atoms with Gasteiger partial charge in [-0.25, -0.2) is 9.18 Å². The average molecular weight is 316 g/mol. The topological polar surface area (TPSA) is 39.2 Å². The van der Waals surface area contributed by atoms with Crippen LogP contribution >= 0.6 is 11.6 Å². The Labute approximate surface area is 131 Å². The van der Waals surface area contributed by atoms with Crippen LogP contribution in [0.5, 0.6) is 0 Å². The van der Waals surface area contributed by atoms with E-state index < -0.39 is 5.97 Å². The van der Waals surface area contributed by atoms with Crippen molar-refractivity contribution < 1.29 is 13.9 Å². The Morgan fingerprint density at radius 2 is 1.95 bits per heavy atom. The summed E-state index contributed by atoms with van der Waals surface area (Å²) < 4.78 is 18.9. The second-order valence-corrected chi connectivity index (χ2v) is 5.14. The van der Waals surface area contributed by atoms with Crippen molar-refractivity contribution >= 4 is 28.5 Å². The van der Waals surface area contributed by atoms with Crippen LogP contribution < -0.4 is 0 Å². The van der Waals surface area contributed by atoms with E-state index in [2.05, 4.69) is 4.98 Å². The first kappa shape index (κ1) is 14.5. The predicted octanol–water partition coefficient (Wildman–Crippen LogP) is 4.48. The van der Waals surface area contributed by atoms with Crippen LogP contribution in [0.2, 0.25) is 5.02 Å². The Bertz CT molecular complexity index is 880. The first-order valence-electron chi connectivity index (χ1n) is 6.52. The van der Waals surface area contributed by atoms with Crippen LogP contribution in [-0.2, 0) is 4.74 Å². The lowest BCUT2D eigenvalue weighted by Crippen LogP contribution is -2.01. The molecule has 1 heterocycles. The maximum Gasteiger partial charge on any atom is 0.337 e. The first-order valence-corrected chi connectivity index (χ1v) is 6.90. The fraction of sp³-hybridized carbons (Fsp3) is 0.0588. The van der Waals surface area contributed by atoms with Gasteiger partial charge in [-0.3, -0.25) is 4.98 Å². The number of rotatable bonds is 2. The molecule has 0 saturated carbocycles. The standard InChI is InChI=1S/C17H11ClFNO2/c1-22-17(21)10-2-5-16-14(8-10)12(6-7-20-16)13-9-11(18)3-4-15(13)19/h2-9H,1H3.